The second kappa shape index (κ2) is 16.5. The molecule has 0 saturated heterocycles. The molecule has 41 heavy (non-hydrogen) atoms. The zero-order chi connectivity index (χ0) is 28.9. The number of rotatable bonds is 9. The molecule has 0 radical (unpaired) electrons. The van der Waals surface area contributed by atoms with Crippen LogP contribution in [-0.4, -0.2) is 0 Å². The lowest BCUT2D eigenvalue weighted by Crippen LogP contribution is -2.25. The molecule has 5 rings (SSSR count). The van der Waals surface area contributed by atoms with Gasteiger partial charge < -0.3 is 0 Å². The highest BCUT2D eigenvalue weighted by atomic mass is 14.4. The minimum Gasteiger partial charge on any atom is -0.103 e. The fraction of sp³-hybridized carbons (Fsp3) is 0.463. The Kier molecular flexibility index (Phi) is 12.5. The Morgan fingerprint density at radius 1 is 0.634 bits per heavy atom. The van der Waals surface area contributed by atoms with E-state index in [0.717, 1.165) is 36.5 Å². The number of hydrogen-bond acceptors (Lipinski definition) is 0. The van der Waals surface area contributed by atoms with Crippen molar-refractivity contribution in [2.45, 2.75) is 104 Å². The third-order valence-corrected chi connectivity index (χ3v) is 9.83. The van der Waals surface area contributed by atoms with Crippen molar-refractivity contribution in [3.8, 4) is 11.1 Å². The van der Waals surface area contributed by atoms with Crippen LogP contribution in [0.4, 0.5) is 0 Å². The van der Waals surface area contributed by atoms with Crippen molar-refractivity contribution < 1.29 is 0 Å². The number of aryl methyl sites for hydroxylation is 3. The second-order valence-electron chi connectivity index (χ2n) is 12.8. The minimum atomic E-state index is 0.829. The van der Waals surface area contributed by atoms with Gasteiger partial charge in [-0.3, -0.25) is 0 Å². The van der Waals surface area contributed by atoms with Crippen molar-refractivity contribution in [1.82, 2.24) is 0 Å². The van der Waals surface area contributed by atoms with Crippen LogP contribution in [0, 0.1) is 31.6 Å². The number of hydrogen-bond donors (Lipinski definition) is 0. The summed E-state index contributed by atoms with van der Waals surface area (Å²) in [6.45, 7) is 10.2. The van der Waals surface area contributed by atoms with Crippen LogP contribution in [0.5, 0.6) is 0 Å². The summed E-state index contributed by atoms with van der Waals surface area (Å²) in [7, 11) is 0. The summed E-state index contributed by atoms with van der Waals surface area (Å²) in [5.41, 5.74) is 8.27. The van der Waals surface area contributed by atoms with Gasteiger partial charge in [-0.25, -0.2) is 0 Å². The molecule has 0 nitrogen and oxygen atoms in total. The maximum atomic E-state index is 3.87. The molecule has 2 aliphatic rings. The molecule has 0 heteroatoms. The van der Waals surface area contributed by atoms with Crippen molar-refractivity contribution in [2.24, 2.45) is 17.8 Å². The van der Waals surface area contributed by atoms with Crippen molar-refractivity contribution in [3.63, 3.8) is 0 Å². The van der Waals surface area contributed by atoms with E-state index in [-0.39, 0.29) is 0 Å². The van der Waals surface area contributed by atoms with Crippen LogP contribution in [0.15, 0.2) is 97.6 Å². The highest BCUT2D eigenvalue weighted by Crippen LogP contribution is 2.44. The van der Waals surface area contributed by atoms with Gasteiger partial charge >= 0.3 is 0 Å². The first-order valence-electron chi connectivity index (χ1n) is 16.5. The standard InChI is InChI=1S/C23H34.C18H20/c1-3-4-5-19-8-12-21(13-9-19)23-16-14-22(15-17-23)20-10-6-18(2)7-11-20;1-3-4-5-6-16-9-13-18(14-10-16)17-11-7-15(2)8-12-17/h3,6-7,10-11,19,21-23H,1,4-5,8-9,12-17H2,2H3;3-4,7-14H,5-6H2,1-2H3/b;4-3+. The van der Waals surface area contributed by atoms with Crippen LogP contribution < -0.4 is 0 Å². The molecule has 218 valence electrons. The zero-order valence-corrected chi connectivity index (χ0v) is 26.2. The summed E-state index contributed by atoms with van der Waals surface area (Å²) in [5.74, 6) is 3.88. The van der Waals surface area contributed by atoms with E-state index in [4.69, 9.17) is 0 Å². The lowest BCUT2D eigenvalue weighted by atomic mass is 9.68. The fourth-order valence-corrected chi connectivity index (χ4v) is 7.09. The van der Waals surface area contributed by atoms with Crippen molar-refractivity contribution in [1.29, 1.82) is 0 Å². The average Bonchev–Trinajstić information content (AvgIpc) is 3.02. The molecule has 0 spiro atoms. The molecule has 0 heterocycles. The first-order valence-corrected chi connectivity index (χ1v) is 16.5. The van der Waals surface area contributed by atoms with Gasteiger partial charge in [-0.1, -0.05) is 115 Å². The molecule has 0 bridgehead atoms. The van der Waals surface area contributed by atoms with Gasteiger partial charge in [0.15, 0.2) is 0 Å². The topological polar surface area (TPSA) is 0 Å². The third-order valence-electron chi connectivity index (χ3n) is 9.83. The van der Waals surface area contributed by atoms with Gasteiger partial charge in [0.1, 0.15) is 0 Å². The summed E-state index contributed by atoms with van der Waals surface area (Å²) in [4.78, 5) is 0. The largest absolute Gasteiger partial charge is 0.103 e. The Labute approximate surface area is 252 Å². The first-order chi connectivity index (χ1) is 20.1. The molecule has 3 aromatic rings. The number of benzene rings is 3. The Bertz CT molecular complexity index is 1160. The predicted octanol–water partition coefficient (Wildman–Crippen LogP) is 12.2. The van der Waals surface area contributed by atoms with Crippen LogP contribution >= 0.6 is 0 Å². The van der Waals surface area contributed by atoms with E-state index in [1.54, 1.807) is 5.56 Å². The molecule has 0 N–H and O–H groups in total. The quantitative estimate of drug-likeness (QED) is 0.234. The average molecular weight is 547 g/mol. The predicted molar refractivity (Wildman–Crippen MR) is 181 cm³/mol. The van der Waals surface area contributed by atoms with E-state index in [0.29, 0.717) is 0 Å². The molecule has 2 aliphatic carbocycles. The zero-order valence-electron chi connectivity index (χ0n) is 26.2. The Balaban J connectivity index is 0.000000195. The number of allylic oxidation sites excluding steroid dienone is 3. The Morgan fingerprint density at radius 2 is 1.15 bits per heavy atom. The van der Waals surface area contributed by atoms with Crippen LogP contribution in [0.2, 0.25) is 0 Å². The van der Waals surface area contributed by atoms with Gasteiger partial charge in [0.05, 0.1) is 0 Å². The minimum absolute atomic E-state index is 0.829. The highest BCUT2D eigenvalue weighted by Gasteiger charge is 2.31. The van der Waals surface area contributed by atoms with E-state index < -0.39 is 0 Å². The molecule has 0 aliphatic heterocycles. The first kappa shape index (κ1) is 31.1. The van der Waals surface area contributed by atoms with Gasteiger partial charge in [0.25, 0.3) is 0 Å². The molecule has 0 amide bonds. The van der Waals surface area contributed by atoms with Crippen LogP contribution in [0.1, 0.15) is 106 Å². The third kappa shape index (κ3) is 9.88. The Hall–Kier alpha value is -2.86. The van der Waals surface area contributed by atoms with Crippen molar-refractivity contribution in [3.05, 3.63) is 120 Å². The molecule has 3 aromatic carbocycles. The summed E-state index contributed by atoms with van der Waals surface area (Å²) >= 11 is 0. The van der Waals surface area contributed by atoms with Crippen LogP contribution in [0.25, 0.3) is 11.1 Å². The van der Waals surface area contributed by atoms with E-state index >= 15 is 0 Å². The van der Waals surface area contributed by atoms with E-state index in [1.165, 1.54) is 92.0 Å². The van der Waals surface area contributed by atoms with E-state index in [1.807, 2.05) is 0 Å². The summed E-state index contributed by atoms with van der Waals surface area (Å²) < 4.78 is 0. The monoisotopic (exact) mass is 546 g/mol. The fourth-order valence-electron chi connectivity index (χ4n) is 7.09. The summed E-state index contributed by atoms with van der Waals surface area (Å²) in [5, 5.41) is 0. The van der Waals surface area contributed by atoms with Crippen LogP contribution in [-0.2, 0) is 6.42 Å². The molecule has 0 unspecified atom stereocenters. The smallest absolute Gasteiger partial charge is 0.0162 e. The molecule has 2 saturated carbocycles. The van der Waals surface area contributed by atoms with E-state index in [9.17, 15) is 0 Å². The highest BCUT2D eigenvalue weighted by molar-refractivity contribution is 5.63. The molecule has 0 aromatic heterocycles. The van der Waals surface area contributed by atoms with Gasteiger partial charge in [-0.05, 0) is 131 Å². The molecule has 2 fully saturated rings. The van der Waals surface area contributed by atoms with E-state index in [2.05, 4.69) is 118 Å². The SMILES string of the molecule is C/C=C/CCc1ccc(-c2ccc(C)cc2)cc1.C=CCCC1CCC(C2CCC(c3ccc(C)cc3)CC2)CC1. The lowest BCUT2D eigenvalue weighted by molar-refractivity contribution is 0.157. The molecular weight excluding hydrogens is 492 g/mol. The lowest BCUT2D eigenvalue weighted by Gasteiger charge is -2.38. The van der Waals surface area contributed by atoms with Crippen molar-refractivity contribution in [2.75, 3.05) is 0 Å². The maximum Gasteiger partial charge on any atom is -0.0162 e. The normalized spacial score (nSPS) is 22.6. The maximum absolute atomic E-state index is 3.87. The summed E-state index contributed by atoms with van der Waals surface area (Å²) in [6, 6.07) is 26.9. The van der Waals surface area contributed by atoms with Crippen molar-refractivity contribution >= 4 is 0 Å². The summed E-state index contributed by atoms with van der Waals surface area (Å²) in [6.07, 6.45) is 23.0. The van der Waals surface area contributed by atoms with Gasteiger partial charge in [0.2, 0.25) is 0 Å². The molecule has 0 atom stereocenters. The second-order valence-corrected chi connectivity index (χ2v) is 12.8. The molecular formula is C41H54. The Morgan fingerprint density at radius 3 is 1.68 bits per heavy atom. The van der Waals surface area contributed by atoms with Gasteiger partial charge in [-0.2, -0.15) is 0 Å². The van der Waals surface area contributed by atoms with Crippen LogP contribution in [0.3, 0.4) is 0 Å². The van der Waals surface area contributed by atoms with Gasteiger partial charge in [-0.15, -0.1) is 6.58 Å². The van der Waals surface area contributed by atoms with Gasteiger partial charge in [0, 0.05) is 0 Å².